The van der Waals surface area contributed by atoms with E-state index in [1.54, 1.807) is 24.5 Å². The molecular weight excluding hydrogens is 614 g/mol. The van der Waals surface area contributed by atoms with Crippen LogP contribution >= 0.6 is 0 Å². The molecular formula is C40H29N5O4. The third-order valence-corrected chi connectivity index (χ3v) is 7.68. The second kappa shape index (κ2) is 12.8. The van der Waals surface area contributed by atoms with Crippen LogP contribution < -0.4 is 18.9 Å². The normalized spacial score (nSPS) is 11.1. The molecule has 49 heavy (non-hydrogen) atoms. The minimum Gasteiger partial charge on any atom is -0.457 e. The molecule has 0 fully saturated rings. The molecule has 0 bridgehead atoms. The van der Waals surface area contributed by atoms with E-state index < -0.39 is 0 Å². The van der Waals surface area contributed by atoms with Crippen molar-refractivity contribution in [3.63, 3.8) is 0 Å². The predicted octanol–water partition coefficient (Wildman–Crippen LogP) is 10.1. The molecule has 238 valence electrons. The van der Waals surface area contributed by atoms with Crippen LogP contribution in [-0.4, -0.2) is 24.5 Å². The number of ether oxygens (including phenoxy) is 4. The van der Waals surface area contributed by atoms with Crippen LogP contribution in [0, 0.1) is 13.8 Å². The summed E-state index contributed by atoms with van der Waals surface area (Å²) in [5, 5.41) is 2.05. The first-order valence-corrected chi connectivity index (χ1v) is 15.7. The summed E-state index contributed by atoms with van der Waals surface area (Å²) in [7, 11) is 0. The van der Waals surface area contributed by atoms with Crippen molar-refractivity contribution in [2.24, 2.45) is 0 Å². The van der Waals surface area contributed by atoms with Gasteiger partial charge in [-0.1, -0.05) is 24.3 Å². The first-order valence-electron chi connectivity index (χ1n) is 15.7. The van der Waals surface area contributed by atoms with Crippen LogP contribution in [0.4, 0.5) is 0 Å². The maximum absolute atomic E-state index is 6.36. The van der Waals surface area contributed by atoms with E-state index in [0.717, 1.165) is 33.2 Å². The van der Waals surface area contributed by atoms with Crippen LogP contribution in [0.25, 0.3) is 27.8 Å². The lowest BCUT2D eigenvalue weighted by Crippen LogP contribution is -2.03. The summed E-state index contributed by atoms with van der Waals surface area (Å²) in [5.74, 6) is 5.37. The lowest BCUT2D eigenvalue weighted by Gasteiger charge is -2.11. The van der Waals surface area contributed by atoms with Gasteiger partial charge in [0.05, 0.1) is 11.0 Å². The van der Waals surface area contributed by atoms with Gasteiger partial charge in [0.15, 0.2) is 0 Å². The van der Waals surface area contributed by atoms with Crippen molar-refractivity contribution in [2.75, 3.05) is 0 Å². The van der Waals surface area contributed by atoms with Gasteiger partial charge in [-0.3, -0.25) is 4.57 Å². The van der Waals surface area contributed by atoms with Crippen molar-refractivity contribution in [3.8, 4) is 52.2 Å². The Labute approximate surface area is 282 Å². The Hall–Kier alpha value is -6.74. The number of nitrogens with zero attached hydrogens (tertiary/aromatic N) is 5. The van der Waals surface area contributed by atoms with E-state index >= 15 is 0 Å². The topological polar surface area (TPSA) is 93.4 Å². The van der Waals surface area contributed by atoms with Gasteiger partial charge in [-0.25, -0.2) is 19.9 Å². The molecule has 0 aliphatic heterocycles. The highest BCUT2D eigenvalue weighted by atomic mass is 16.5. The fourth-order valence-electron chi connectivity index (χ4n) is 5.66. The van der Waals surface area contributed by atoms with Crippen LogP contribution in [0.15, 0.2) is 140 Å². The Kier molecular flexibility index (Phi) is 7.75. The molecule has 4 aromatic heterocycles. The Bertz CT molecular complexity index is 2270. The van der Waals surface area contributed by atoms with E-state index in [0.29, 0.717) is 52.2 Å². The average molecular weight is 644 g/mol. The summed E-state index contributed by atoms with van der Waals surface area (Å²) >= 11 is 0. The molecule has 0 aliphatic rings. The summed E-state index contributed by atoms with van der Waals surface area (Å²) in [6, 6.07) is 40.0. The number of rotatable bonds is 9. The molecule has 0 N–H and O–H groups in total. The molecule has 9 heteroatoms. The summed E-state index contributed by atoms with van der Waals surface area (Å²) in [6.07, 6.45) is 3.38. The van der Waals surface area contributed by atoms with E-state index in [1.165, 1.54) is 0 Å². The highest BCUT2D eigenvalue weighted by Crippen LogP contribution is 2.38. The molecule has 0 unspecified atom stereocenters. The fourth-order valence-corrected chi connectivity index (χ4v) is 5.66. The Morgan fingerprint density at radius 2 is 0.878 bits per heavy atom. The van der Waals surface area contributed by atoms with Gasteiger partial charge in [-0.2, -0.15) is 0 Å². The SMILES string of the molecule is Cc1cc(C)nc(-n2c3cc(Oc4cccc(Oc5ccccn5)c4)ccc3c3ccc(Oc4cccc(Oc5ccccn5)c4)cc32)n1. The summed E-state index contributed by atoms with van der Waals surface area (Å²) in [6.45, 7) is 3.93. The van der Waals surface area contributed by atoms with E-state index in [9.17, 15) is 0 Å². The van der Waals surface area contributed by atoms with Crippen molar-refractivity contribution in [1.82, 2.24) is 24.5 Å². The number of aromatic nitrogens is 5. The van der Waals surface area contributed by atoms with Gasteiger partial charge in [0, 0.05) is 71.0 Å². The fraction of sp³-hybridized carbons (Fsp3) is 0.0500. The van der Waals surface area contributed by atoms with Crippen LogP contribution in [0.5, 0.6) is 46.3 Å². The summed E-state index contributed by atoms with van der Waals surface area (Å²) in [5.41, 5.74) is 3.51. The monoisotopic (exact) mass is 643 g/mol. The van der Waals surface area contributed by atoms with Gasteiger partial charge in [-0.15, -0.1) is 0 Å². The first kappa shape index (κ1) is 29.6. The largest absolute Gasteiger partial charge is 0.457 e. The molecule has 0 spiro atoms. The summed E-state index contributed by atoms with van der Waals surface area (Å²) < 4.78 is 26.6. The molecule has 0 atom stereocenters. The minimum absolute atomic E-state index is 0.507. The predicted molar refractivity (Wildman–Crippen MR) is 187 cm³/mol. The molecule has 4 aromatic carbocycles. The molecule has 8 aromatic rings. The Morgan fingerprint density at radius 1 is 0.429 bits per heavy atom. The lowest BCUT2D eigenvalue weighted by molar-refractivity contribution is 0.448. The maximum Gasteiger partial charge on any atom is 0.235 e. The van der Waals surface area contributed by atoms with Crippen molar-refractivity contribution >= 4 is 21.8 Å². The minimum atomic E-state index is 0.507. The third kappa shape index (κ3) is 6.45. The number of pyridine rings is 2. The standard InChI is InChI=1S/C40H29N5O4/c1-26-21-27(2)44-40(43-26)45-36-24-32(46-28-9-7-11-30(22-28)48-38-13-3-5-19-41-38)15-17-34(36)35-18-16-33(25-37(35)45)47-29-10-8-12-31(23-29)49-39-14-4-6-20-42-39/h3-25H,1-2H3. The highest BCUT2D eigenvalue weighted by molar-refractivity contribution is 6.09. The van der Waals surface area contributed by atoms with Gasteiger partial charge in [0.1, 0.15) is 34.5 Å². The van der Waals surface area contributed by atoms with Crippen LogP contribution in [0.2, 0.25) is 0 Å². The van der Waals surface area contributed by atoms with Crippen molar-refractivity contribution in [2.45, 2.75) is 13.8 Å². The quantitative estimate of drug-likeness (QED) is 0.153. The molecule has 0 amide bonds. The van der Waals surface area contributed by atoms with Crippen LogP contribution in [-0.2, 0) is 0 Å². The van der Waals surface area contributed by atoms with Crippen molar-refractivity contribution in [3.05, 3.63) is 151 Å². The Morgan fingerprint density at radius 3 is 1.33 bits per heavy atom. The van der Waals surface area contributed by atoms with Crippen LogP contribution in [0.1, 0.15) is 11.4 Å². The highest BCUT2D eigenvalue weighted by Gasteiger charge is 2.17. The summed E-state index contributed by atoms with van der Waals surface area (Å²) in [4.78, 5) is 18.2. The molecule has 0 saturated heterocycles. The van der Waals surface area contributed by atoms with E-state index in [-0.39, 0.29) is 0 Å². The van der Waals surface area contributed by atoms with E-state index in [2.05, 4.69) is 22.1 Å². The lowest BCUT2D eigenvalue weighted by atomic mass is 10.1. The third-order valence-electron chi connectivity index (χ3n) is 7.68. The van der Waals surface area contributed by atoms with Crippen molar-refractivity contribution in [1.29, 1.82) is 0 Å². The van der Waals surface area contributed by atoms with E-state index in [1.807, 2.05) is 122 Å². The molecule has 0 saturated carbocycles. The van der Waals surface area contributed by atoms with Gasteiger partial charge >= 0.3 is 0 Å². The van der Waals surface area contributed by atoms with Crippen molar-refractivity contribution < 1.29 is 18.9 Å². The van der Waals surface area contributed by atoms with Gasteiger partial charge in [0.25, 0.3) is 0 Å². The first-order chi connectivity index (χ1) is 24.0. The number of aryl methyl sites for hydroxylation is 2. The maximum atomic E-state index is 6.36. The number of fused-ring (bicyclic) bond motifs is 3. The average Bonchev–Trinajstić information content (AvgIpc) is 3.42. The smallest absolute Gasteiger partial charge is 0.235 e. The molecule has 9 nitrogen and oxygen atoms in total. The van der Waals surface area contributed by atoms with Gasteiger partial charge in [0.2, 0.25) is 17.7 Å². The molecule has 8 rings (SSSR count). The zero-order chi connectivity index (χ0) is 33.2. The van der Waals surface area contributed by atoms with Crippen LogP contribution in [0.3, 0.4) is 0 Å². The second-order valence-electron chi connectivity index (χ2n) is 11.3. The van der Waals surface area contributed by atoms with Gasteiger partial charge < -0.3 is 18.9 Å². The zero-order valence-electron chi connectivity index (χ0n) is 26.6. The zero-order valence-corrected chi connectivity index (χ0v) is 26.6. The van der Waals surface area contributed by atoms with Gasteiger partial charge in [-0.05, 0) is 80.6 Å². The number of benzene rings is 4. The molecule has 0 radical (unpaired) electrons. The molecule has 0 aliphatic carbocycles. The van der Waals surface area contributed by atoms with E-state index in [4.69, 9.17) is 28.9 Å². The molecule has 4 heterocycles. The Balaban J connectivity index is 1.16. The second-order valence-corrected chi connectivity index (χ2v) is 11.3. The number of hydrogen-bond donors (Lipinski definition) is 0. The number of hydrogen-bond acceptors (Lipinski definition) is 8.